The van der Waals surface area contributed by atoms with E-state index < -0.39 is 24.0 Å². The molecule has 0 aliphatic heterocycles. The molecule has 2 aromatic heterocycles. The summed E-state index contributed by atoms with van der Waals surface area (Å²) in [5, 5.41) is 17.3. The second-order valence-corrected chi connectivity index (χ2v) is 6.50. The third-order valence-electron chi connectivity index (χ3n) is 4.72. The predicted molar refractivity (Wildman–Crippen MR) is 95.4 cm³/mol. The fourth-order valence-electron chi connectivity index (χ4n) is 3.41. The number of benzene rings is 1. The number of carbonyl (C=O) groups excluding carboxylic acids is 2. The molecular weight excluding hydrogens is 348 g/mol. The minimum Gasteiger partial charge on any atom is -0.464 e. The van der Waals surface area contributed by atoms with Crippen molar-refractivity contribution in [3.05, 3.63) is 64.6 Å². The largest absolute Gasteiger partial charge is 0.464 e. The van der Waals surface area contributed by atoms with Crippen LogP contribution < -0.4 is 5.32 Å². The monoisotopic (exact) mass is 366 g/mol. The lowest BCUT2D eigenvalue weighted by Gasteiger charge is -2.18. The molecule has 0 fully saturated rings. The molecule has 138 valence electrons. The molecule has 8 nitrogen and oxygen atoms in total. The molecule has 0 spiro atoms. The number of esters is 1. The molecule has 4 rings (SSSR count). The van der Waals surface area contributed by atoms with Gasteiger partial charge in [0.05, 0.1) is 19.3 Å². The van der Waals surface area contributed by atoms with E-state index in [0.29, 0.717) is 17.8 Å². The molecule has 27 heavy (non-hydrogen) atoms. The second-order valence-electron chi connectivity index (χ2n) is 6.50. The number of amides is 1. The summed E-state index contributed by atoms with van der Waals surface area (Å²) < 4.78 is 6.14. The average Bonchev–Trinajstić information content (AvgIpc) is 3.23. The Morgan fingerprint density at radius 2 is 2.04 bits per heavy atom. The van der Waals surface area contributed by atoms with Gasteiger partial charge in [0.1, 0.15) is 5.69 Å². The molecule has 0 saturated heterocycles. The van der Waals surface area contributed by atoms with E-state index in [1.165, 1.54) is 17.7 Å². The van der Waals surface area contributed by atoms with Gasteiger partial charge < -0.3 is 15.2 Å². The topological polar surface area (TPSA) is 106 Å². The van der Waals surface area contributed by atoms with Crippen molar-refractivity contribution >= 4 is 17.5 Å². The molecule has 8 heteroatoms. The summed E-state index contributed by atoms with van der Waals surface area (Å²) in [4.78, 5) is 28.7. The van der Waals surface area contributed by atoms with E-state index in [2.05, 4.69) is 20.1 Å². The van der Waals surface area contributed by atoms with Crippen LogP contribution in [0, 0.1) is 6.92 Å². The maximum Gasteiger partial charge on any atom is 0.358 e. The Labute approximate surface area is 154 Å². The Morgan fingerprint density at radius 3 is 2.81 bits per heavy atom. The Kier molecular flexibility index (Phi) is 4.12. The minimum absolute atomic E-state index is 0.116. The number of ether oxygens (including phenoxy) is 1. The molecule has 1 aromatic carbocycles. The van der Waals surface area contributed by atoms with E-state index in [0.717, 1.165) is 11.1 Å². The maximum atomic E-state index is 12.7. The lowest BCUT2D eigenvalue weighted by Crippen LogP contribution is -2.34. The van der Waals surface area contributed by atoms with Gasteiger partial charge in [-0.1, -0.05) is 24.3 Å². The summed E-state index contributed by atoms with van der Waals surface area (Å²) in [6.45, 7) is 1.76. The molecule has 1 aliphatic rings. The molecule has 1 amide bonds. The normalized spacial score (nSPS) is 18.3. The van der Waals surface area contributed by atoms with Crippen LogP contribution in [0.3, 0.4) is 0 Å². The third kappa shape index (κ3) is 2.93. The summed E-state index contributed by atoms with van der Waals surface area (Å²) >= 11 is 0. The summed E-state index contributed by atoms with van der Waals surface area (Å²) in [7, 11) is 1.27. The molecule has 0 radical (unpaired) electrons. The number of methoxy groups -OCH3 is 1. The summed E-state index contributed by atoms with van der Waals surface area (Å²) in [5.41, 5.74) is 3.25. The number of aryl methyl sites for hydroxylation is 1. The number of hydrogen-bond acceptors (Lipinski definition) is 6. The predicted octanol–water partition coefficient (Wildman–Crippen LogP) is 1.21. The van der Waals surface area contributed by atoms with Crippen LogP contribution in [-0.4, -0.2) is 44.8 Å². The first-order valence-electron chi connectivity index (χ1n) is 8.50. The average molecular weight is 366 g/mol. The van der Waals surface area contributed by atoms with Gasteiger partial charge in [0.2, 0.25) is 0 Å². The van der Waals surface area contributed by atoms with E-state index in [1.807, 2.05) is 24.3 Å². The van der Waals surface area contributed by atoms with E-state index in [1.54, 1.807) is 13.0 Å². The molecule has 2 heterocycles. The van der Waals surface area contributed by atoms with Crippen molar-refractivity contribution < 1.29 is 19.4 Å². The summed E-state index contributed by atoms with van der Waals surface area (Å²) in [6.07, 6.45) is -0.186. The Hall–Kier alpha value is -3.26. The van der Waals surface area contributed by atoms with Gasteiger partial charge in [0.15, 0.2) is 11.3 Å². The Morgan fingerprint density at radius 1 is 1.26 bits per heavy atom. The van der Waals surface area contributed by atoms with Gasteiger partial charge in [0, 0.05) is 18.2 Å². The van der Waals surface area contributed by atoms with Crippen molar-refractivity contribution in [3.8, 4) is 0 Å². The van der Waals surface area contributed by atoms with Crippen LogP contribution in [0.2, 0.25) is 0 Å². The molecule has 2 unspecified atom stereocenters. The molecule has 1 aliphatic carbocycles. The number of nitrogens with zero attached hydrogens (tertiary/aromatic N) is 3. The maximum absolute atomic E-state index is 12.7. The van der Waals surface area contributed by atoms with Crippen LogP contribution in [0.5, 0.6) is 0 Å². The van der Waals surface area contributed by atoms with E-state index in [4.69, 9.17) is 0 Å². The van der Waals surface area contributed by atoms with E-state index in [-0.39, 0.29) is 11.4 Å². The number of nitrogens with one attached hydrogen (secondary N) is 1. The van der Waals surface area contributed by atoms with Crippen LogP contribution in [0.25, 0.3) is 5.65 Å². The third-order valence-corrected chi connectivity index (χ3v) is 4.72. The van der Waals surface area contributed by atoms with Crippen LogP contribution in [-0.2, 0) is 11.2 Å². The van der Waals surface area contributed by atoms with Crippen LogP contribution in [0.4, 0.5) is 0 Å². The zero-order chi connectivity index (χ0) is 19.1. The standard InChI is InChI=1S/C19H18N4O4/c1-10-7-13(20-16-9-14(19(26)27-2)22-23(10)16)18(25)21-17-12-6-4-3-5-11(12)8-15(17)24/h3-7,9,15,17,24H,8H2,1-2H3,(H,21,25). The Balaban J connectivity index is 1.64. The lowest BCUT2D eigenvalue weighted by molar-refractivity contribution is 0.0593. The smallest absolute Gasteiger partial charge is 0.358 e. The SMILES string of the molecule is COC(=O)c1cc2nc(C(=O)NC3c4ccccc4CC3O)cc(C)n2n1. The Bertz CT molecular complexity index is 1060. The quantitative estimate of drug-likeness (QED) is 0.675. The summed E-state index contributed by atoms with van der Waals surface area (Å²) in [6, 6.07) is 10.2. The highest BCUT2D eigenvalue weighted by molar-refractivity contribution is 5.94. The van der Waals surface area contributed by atoms with Crippen molar-refractivity contribution in [1.82, 2.24) is 19.9 Å². The van der Waals surface area contributed by atoms with Crippen molar-refractivity contribution in [2.24, 2.45) is 0 Å². The van der Waals surface area contributed by atoms with Crippen molar-refractivity contribution in [1.29, 1.82) is 0 Å². The molecule has 2 N–H and O–H groups in total. The van der Waals surface area contributed by atoms with E-state index in [9.17, 15) is 14.7 Å². The van der Waals surface area contributed by atoms with Crippen LogP contribution in [0.1, 0.15) is 43.8 Å². The molecule has 0 bridgehead atoms. The van der Waals surface area contributed by atoms with Crippen LogP contribution in [0.15, 0.2) is 36.4 Å². The first kappa shape index (κ1) is 17.2. The van der Waals surface area contributed by atoms with Crippen LogP contribution >= 0.6 is 0 Å². The van der Waals surface area contributed by atoms with Crippen molar-refractivity contribution in [3.63, 3.8) is 0 Å². The highest BCUT2D eigenvalue weighted by atomic mass is 16.5. The first-order valence-corrected chi connectivity index (χ1v) is 8.50. The highest BCUT2D eigenvalue weighted by Crippen LogP contribution is 2.31. The zero-order valence-corrected chi connectivity index (χ0v) is 14.8. The number of fused-ring (bicyclic) bond motifs is 2. The summed E-state index contributed by atoms with van der Waals surface area (Å²) in [5.74, 6) is -0.973. The van der Waals surface area contributed by atoms with Gasteiger partial charge in [-0.25, -0.2) is 14.3 Å². The van der Waals surface area contributed by atoms with Gasteiger partial charge >= 0.3 is 5.97 Å². The van der Waals surface area contributed by atoms with Gasteiger partial charge in [-0.3, -0.25) is 4.79 Å². The van der Waals surface area contributed by atoms with Gasteiger partial charge in [0.25, 0.3) is 5.91 Å². The minimum atomic E-state index is -0.683. The van der Waals surface area contributed by atoms with Gasteiger partial charge in [-0.15, -0.1) is 0 Å². The molecular formula is C19H18N4O4. The fraction of sp³-hybridized carbons (Fsp3) is 0.263. The number of aromatic nitrogens is 3. The van der Waals surface area contributed by atoms with Crippen molar-refractivity contribution in [2.75, 3.05) is 7.11 Å². The molecule has 2 atom stereocenters. The number of aliphatic hydroxyl groups is 1. The first-order chi connectivity index (χ1) is 13.0. The highest BCUT2D eigenvalue weighted by Gasteiger charge is 2.32. The number of hydrogen-bond donors (Lipinski definition) is 2. The van der Waals surface area contributed by atoms with Crippen molar-refractivity contribution in [2.45, 2.75) is 25.5 Å². The van der Waals surface area contributed by atoms with E-state index >= 15 is 0 Å². The lowest BCUT2D eigenvalue weighted by atomic mass is 10.1. The number of carbonyl (C=O) groups is 2. The zero-order valence-electron chi connectivity index (χ0n) is 14.8. The van der Waals surface area contributed by atoms with Gasteiger partial charge in [-0.05, 0) is 24.1 Å². The molecule has 0 saturated carbocycles. The number of aliphatic hydroxyl groups excluding tert-OH is 1. The fourth-order valence-corrected chi connectivity index (χ4v) is 3.41. The van der Waals surface area contributed by atoms with Gasteiger partial charge in [-0.2, -0.15) is 5.10 Å². The molecule has 3 aromatic rings. The second kappa shape index (κ2) is 6.48. The number of rotatable bonds is 3.